The first-order chi connectivity index (χ1) is 12.8. The van der Waals surface area contributed by atoms with Gasteiger partial charge in [0.05, 0.1) is 19.8 Å². The third kappa shape index (κ3) is 4.38. The third-order valence-electron chi connectivity index (χ3n) is 5.11. The number of hydrogen-bond acceptors (Lipinski definition) is 6. The van der Waals surface area contributed by atoms with Crippen LogP contribution in [-0.2, 0) is 16.0 Å². The summed E-state index contributed by atoms with van der Waals surface area (Å²) in [5.74, 6) is 1.39. The number of pyridine rings is 2. The first-order valence-electron chi connectivity index (χ1n) is 9.29. The molecular weight excluding hydrogens is 328 g/mol. The van der Waals surface area contributed by atoms with Crippen LogP contribution in [0.4, 0.5) is 5.82 Å². The van der Waals surface area contributed by atoms with Crippen LogP contribution in [0.25, 0.3) is 0 Å². The van der Waals surface area contributed by atoms with E-state index in [1.54, 1.807) is 0 Å². The predicted molar refractivity (Wildman–Crippen MR) is 99.8 cm³/mol. The lowest BCUT2D eigenvalue weighted by molar-refractivity contribution is -0.0562. The summed E-state index contributed by atoms with van der Waals surface area (Å²) in [6, 6.07) is 10.1. The van der Waals surface area contributed by atoms with Crippen LogP contribution in [0.2, 0.25) is 0 Å². The molecule has 2 fully saturated rings. The van der Waals surface area contributed by atoms with E-state index < -0.39 is 0 Å². The second kappa shape index (κ2) is 8.12. The Balaban J connectivity index is 1.34. The number of nitrogens with one attached hydrogen (secondary N) is 1. The average Bonchev–Trinajstić information content (AvgIpc) is 2.97. The number of aromatic nitrogens is 2. The fraction of sp³-hybridized carbons (Fsp3) is 0.500. The molecule has 0 unspecified atom stereocenters. The Morgan fingerprint density at radius 2 is 2.12 bits per heavy atom. The minimum Gasteiger partial charge on any atom is -0.377 e. The average molecular weight is 354 g/mol. The lowest BCUT2D eigenvalue weighted by Gasteiger charge is -2.31. The Labute approximate surface area is 154 Å². The molecule has 6 nitrogen and oxygen atoms in total. The first-order valence-corrected chi connectivity index (χ1v) is 9.29. The fourth-order valence-electron chi connectivity index (χ4n) is 3.86. The molecule has 4 heterocycles. The quantitative estimate of drug-likeness (QED) is 0.888. The van der Waals surface area contributed by atoms with Crippen LogP contribution in [-0.4, -0.2) is 59.9 Å². The van der Waals surface area contributed by atoms with Gasteiger partial charge in [0, 0.05) is 50.7 Å². The molecule has 0 amide bonds. The summed E-state index contributed by atoms with van der Waals surface area (Å²) in [7, 11) is 0. The van der Waals surface area contributed by atoms with Gasteiger partial charge < -0.3 is 14.8 Å². The molecule has 0 aromatic carbocycles. The fourth-order valence-corrected chi connectivity index (χ4v) is 3.86. The Kier molecular flexibility index (Phi) is 5.43. The zero-order valence-corrected chi connectivity index (χ0v) is 15.0. The van der Waals surface area contributed by atoms with Gasteiger partial charge in [-0.25, -0.2) is 4.98 Å². The van der Waals surface area contributed by atoms with Crippen LogP contribution < -0.4 is 5.32 Å². The highest BCUT2D eigenvalue weighted by Gasteiger charge is 2.43. The van der Waals surface area contributed by atoms with Crippen molar-refractivity contribution in [2.75, 3.05) is 44.8 Å². The van der Waals surface area contributed by atoms with Crippen LogP contribution in [0.5, 0.6) is 0 Å². The second-order valence-corrected chi connectivity index (χ2v) is 7.28. The number of rotatable bonds is 5. The third-order valence-corrected chi connectivity index (χ3v) is 5.11. The summed E-state index contributed by atoms with van der Waals surface area (Å²) in [5, 5.41) is 3.42. The lowest BCUT2D eigenvalue weighted by atomic mass is 9.94. The molecule has 2 aliphatic heterocycles. The number of hydrogen-bond donors (Lipinski definition) is 1. The van der Waals surface area contributed by atoms with Crippen molar-refractivity contribution in [1.82, 2.24) is 14.9 Å². The van der Waals surface area contributed by atoms with E-state index in [1.165, 1.54) is 5.56 Å². The maximum absolute atomic E-state index is 6.29. The van der Waals surface area contributed by atoms with Gasteiger partial charge in [0.15, 0.2) is 0 Å². The number of anilines is 1. The molecule has 6 heteroatoms. The van der Waals surface area contributed by atoms with Crippen molar-refractivity contribution in [2.24, 2.45) is 5.92 Å². The predicted octanol–water partition coefficient (Wildman–Crippen LogP) is 2.20. The molecule has 0 bridgehead atoms. The van der Waals surface area contributed by atoms with Crippen LogP contribution in [0.15, 0.2) is 48.9 Å². The summed E-state index contributed by atoms with van der Waals surface area (Å²) in [4.78, 5) is 10.9. The van der Waals surface area contributed by atoms with Crippen molar-refractivity contribution in [3.63, 3.8) is 0 Å². The monoisotopic (exact) mass is 354 g/mol. The summed E-state index contributed by atoms with van der Waals surface area (Å²) in [6.45, 7) is 5.84. The summed E-state index contributed by atoms with van der Waals surface area (Å²) in [5.41, 5.74) is 1.09. The van der Waals surface area contributed by atoms with Gasteiger partial charge >= 0.3 is 0 Å². The molecule has 2 aromatic heterocycles. The molecule has 0 radical (unpaired) electrons. The Morgan fingerprint density at radius 1 is 1.19 bits per heavy atom. The first kappa shape index (κ1) is 17.4. The molecule has 2 atom stereocenters. The smallest absolute Gasteiger partial charge is 0.125 e. The molecule has 0 saturated carbocycles. The van der Waals surface area contributed by atoms with Gasteiger partial charge in [-0.3, -0.25) is 9.88 Å². The Hall–Kier alpha value is -2.02. The molecule has 138 valence electrons. The molecular formula is C20H26N4O2. The Morgan fingerprint density at radius 3 is 2.96 bits per heavy atom. The zero-order valence-electron chi connectivity index (χ0n) is 15.0. The van der Waals surface area contributed by atoms with Crippen molar-refractivity contribution in [2.45, 2.75) is 18.6 Å². The highest BCUT2D eigenvalue weighted by molar-refractivity contribution is 5.33. The van der Waals surface area contributed by atoms with Crippen molar-refractivity contribution in [1.29, 1.82) is 0 Å². The van der Waals surface area contributed by atoms with E-state index in [0.717, 1.165) is 51.6 Å². The number of ether oxygens (including phenoxy) is 2. The SMILES string of the molecule is c1ccc(NC[C@@H]2CO[C@@]3(COCCN(Cc4ccncc4)C3)C2)nc1. The van der Waals surface area contributed by atoms with Gasteiger partial charge in [-0.15, -0.1) is 0 Å². The zero-order chi connectivity index (χ0) is 17.7. The normalized spacial score (nSPS) is 26.7. The minimum atomic E-state index is -0.194. The second-order valence-electron chi connectivity index (χ2n) is 7.28. The molecule has 1 spiro atoms. The Bertz CT molecular complexity index is 685. The van der Waals surface area contributed by atoms with E-state index in [9.17, 15) is 0 Å². The minimum absolute atomic E-state index is 0.194. The van der Waals surface area contributed by atoms with E-state index >= 15 is 0 Å². The van der Waals surface area contributed by atoms with Crippen molar-refractivity contribution >= 4 is 5.82 Å². The van der Waals surface area contributed by atoms with Gasteiger partial charge in [-0.1, -0.05) is 6.07 Å². The largest absolute Gasteiger partial charge is 0.377 e. The number of nitrogens with zero attached hydrogens (tertiary/aromatic N) is 3. The van der Waals surface area contributed by atoms with Crippen molar-refractivity contribution < 1.29 is 9.47 Å². The van der Waals surface area contributed by atoms with Crippen LogP contribution in [0, 0.1) is 5.92 Å². The van der Waals surface area contributed by atoms with E-state index in [0.29, 0.717) is 12.5 Å². The molecule has 2 saturated heterocycles. The maximum Gasteiger partial charge on any atom is 0.125 e. The van der Waals surface area contributed by atoms with Crippen molar-refractivity contribution in [3.05, 3.63) is 54.5 Å². The van der Waals surface area contributed by atoms with Crippen molar-refractivity contribution in [3.8, 4) is 0 Å². The highest BCUT2D eigenvalue weighted by Crippen LogP contribution is 2.33. The molecule has 4 rings (SSSR count). The molecule has 1 N–H and O–H groups in total. The van der Waals surface area contributed by atoms with Gasteiger partial charge in [0.2, 0.25) is 0 Å². The van der Waals surface area contributed by atoms with Gasteiger partial charge in [-0.2, -0.15) is 0 Å². The van der Waals surface area contributed by atoms with Gasteiger partial charge in [0.25, 0.3) is 0 Å². The van der Waals surface area contributed by atoms with Crippen LogP contribution >= 0.6 is 0 Å². The summed E-state index contributed by atoms with van der Waals surface area (Å²) < 4.78 is 12.2. The maximum atomic E-state index is 6.29. The van der Waals surface area contributed by atoms with E-state index in [4.69, 9.17) is 9.47 Å². The summed E-state index contributed by atoms with van der Waals surface area (Å²) >= 11 is 0. The lowest BCUT2D eigenvalue weighted by Crippen LogP contribution is -2.43. The molecule has 26 heavy (non-hydrogen) atoms. The molecule has 0 aliphatic carbocycles. The summed E-state index contributed by atoms with van der Waals surface area (Å²) in [6.07, 6.45) is 6.53. The van der Waals surface area contributed by atoms with E-state index in [1.807, 2.05) is 36.8 Å². The standard InChI is InChI=1S/C20H26N4O2/c1-2-6-22-19(3-1)23-12-18-11-20(26-14-18)15-24(9-10-25-16-20)13-17-4-7-21-8-5-17/h1-8,18H,9-16H2,(H,22,23)/t18-,20+/m1/s1. The topological polar surface area (TPSA) is 59.5 Å². The van der Waals surface area contributed by atoms with Gasteiger partial charge in [0.1, 0.15) is 11.4 Å². The molecule has 2 aromatic rings. The van der Waals surface area contributed by atoms with E-state index in [2.05, 4.69) is 32.3 Å². The van der Waals surface area contributed by atoms with Crippen LogP contribution in [0.1, 0.15) is 12.0 Å². The highest BCUT2D eigenvalue weighted by atomic mass is 16.5. The van der Waals surface area contributed by atoms with Crippen LogP contribution in [0.3, 0.4) is 0 Å². The van der Waals surface area contributed by atoms with Gasteiger partial charge in [-0.05, 0) is 36.2 Å². The molecule has 2 aliphatic rings. The van der Waals surface area contributed by atoms with E-state index in [-0.39, 0.29) is 5.60 Å².